The van der Waals surface area contributed by atoms with Crippen LogP contribution in [0.5, 0.6) is 0 Å². The first-order valence-corrected chi connectivity index (χ1v) is 8.32. The molecule has 3 heteroatoms. The van der Waals surface area contributed by atoms with Gasteiger partial charge in [-0.3, -0.25) is 0 Å². The van der Waals surface area contributed by atoms with Gasteiger partial charge in [0.2, 0.25) is 0 Å². The Morgan fingerprint density at radius 1 is 1.29 bits per heavy atom. The number of nitrogens with zero attached hydrogens (tertiary/aromatic N) is 1. The highest BCUT2D eigenvalue weighted by Gasteiger charge is 2.40. The average Bonchev–Trinajstić information content (AvgIpc) is 3.09. The Morgan fingerprint density at radius 2 is 2.19 bits per heavy atom. The number of carboxylic acid groups (broad SMARTS) is 1. The fourth-order valence-electron chi connectivity index (χ4n) is 4.97. The standard InChI is InChI=1S/C18H23NO2/c20-18(21)16-3-1-5-17-15(16)4-2-8-19(17)11-14-10-12-6-7-13(14)9-12/h1,3,5,12-14H,2,4,6-11H2,(H,20,21). The number of aromatic carboxylic acids is 1. The number of rotatable bonds is 3. The lowest BCUT2D eigenvalue weighted by Gasteiger charge is -2.36. The molecular formula is C18H23NO2. The molecule has 1 N–H and O–H groups in total. The first-order chi connectivity index (χ1) is 10.2. The molecule has 4 rings (SSSR count). The van der Waals surface area contributed by atoms with Crippen molar-refractivity contribution in [2.45, 2.75) is 38.5 Å². The highest BCUT2D eigenvalue weighted by Crippen LogP contribution is 2.49. The Morgan fingerprint density at radius 3 is 2.90 bits per heavy atom. The van der Waals surface area contributed by atoms with Crippen LogP contribution in [0.15, 0.2) is 18.2 Å². The largest absolute Gasteiger partial charge is 0.478 e. The van der Waals surface area contributed by atoms with Gasteiger partial charge in [-0.25, -0.2) is 4.79 Å². The third-order valence-electron chi connectivity index (χ3n) is 5.92. The summed E-state index contributed by atoms with van der Waals surface area (Å²) in [5, 5.41) is 9.38. The molecule has 3 atom stereocenters. The quantitative estimate of drug-likeness (QED) is 0.923. The zero-order chi connectivity index (χ0) is 14.4. The SMILES string of the molecule is O=C(O)c1cccc2c1CCCN2CC1CC2CCC1C2. The van der Waals surface area contributed by atoms with E-state index in [0.29, 0.717) is 5.56 Å². The van der Waals surface area contributed by atoms with Gasteiger partial charge in [0.05, 0.1) is 5.56 Å². The lowest BCUT2D eigenvalue weighted by Crippen LogP contribution is -2.36. The van der Waals surface area contributed by atoms with E-state index >= 15 is 0 Å². The number of hydrogen-bond donors (Lipinski definition) is 1. The summed E-state index contributed by atoms with van der Waals surface area (Å²) in [6.45, 7) is 2.22. The van der Waals surface area contributed by atoms with Crippen LogP contribution in [-0.2, 0) is 6.42 Å². The highest BCUT2D eigenvalue weighted by atomic mass is 16.4. The molecule has 2 bridgehead atoms. The molecule has 1 aromatic rings. The zero-order valence-electron chi connectivity index (χ0n) is 12.4. The van der Waals surface area contributed by atoms with Crippen molar-refractivity contribution in [3.8, 4) is 0 Å². The van der Waals surface area contributed by atoms with Crippen molar-refractivity contribution in [3.63, 3.8) is 0 Å². The van der Waals surface area contributed by atoms with E-state index in [-0.39, 0.29) is 0 Å². The van der Waals surface area contributed by atoms with E-state index in [4.69, 9.17) is 0 Å². The molecule has 0 aromatic heterocycles. The van der Waals surface area contributed by atoms with E-state index in [2.05, 4.69) is 11.0 Å². The Labute approximate surface area is 126 Å². The van der Waals surface area contributed by atoms with Crippen molar-refractivity contribution in [2.24, 2.45) is 17.8 Å². The second-order valence-corrected chi connectivity index (χ2v) is 7.09. The van der Waals surface area contributed by atoms with Gasteiger partial charge in [-0.2, -0.15) is 0 Å². The molecule has 2 aliphatic carbocycles. The van der Waals surface area contributed by atoms with Crippen molar-refractivity contribution in [1.82, 2.24) is 0 Å². The van der Waals surface area contributed by atoms with E-state index in [1.807, 2.05) is 6.07 Å². The Hall–Kier alpha value is -1.51. The van der Waals surface area contributed by atoms with Crippen molar-refractivity contribution in [3.05, 3.63) is 29.3 Å². The van der Waals surface area contributed by atoms with Crippen LogP contribution in [0.4, 0.5) is 5.69 Å². The van der Waals surface area contributed by atoms with Gasteiger partial charge in [0.1, 0.15) is 0 Å². The predicted octanol–water partition coefficient (Wildman–Crippen LogP) is 3.57. The molecule has 1 aromatic carbocycles. The van der Waals surface area contributed by atoms with Gasteiger partial charge >= 0.3 is 5.97 Å². The second kappa shape index (κ2) is 5.04. The van der Waals surface area contributed by atoms with Crippen molar-refractivity contribution in [2.75, 3.05) is 18.0 Å². The molecule has 21 heavy (non-hydrogen) atoms. The Kier molecular flexibility index (Phi) is 3.16. The van der Waals surface area contributed by atoms with Crippen molar-refractivity contribution < 1.29 is 9.90 Å². The lowest BCUT2D eigenvalue weighted by atomic mass is 9.87. The van der Waals surface area contributed by atoms with Crippen LogP contribution in [-0.4, -0.2) is 24.2 Å². The third-order valence-corrected chi connectivity index (χ3v) is 5.92. The summed E-state index contributed by atoms with van der Waals surface area (Å²) in [4.78, 5) is 13.9. The maximum atomic E-state index is 11.4. The van der Waals surface area contributed by atoms with E-state index in [0.717, 1.165) is 49.2 Å². The molecule has 1 aliphatic heterocycles. The molecule has 3 aliphatic rings. The topological polar surface area (TPSA) is 40.5 Å². The third kappa shape index (κ3) is 2.23. The van der Waals surface area contributed by atoms with Crippen LogP contribution < -0.4 is 4.90 Å². The number of fused-ring (bicyclic) bond motifs is 3. The molecular weight excluding hydrogens is 262 g/mol. The number of carbonyl (C=O) groups is 1. The maximum Gasteiger partial charge on any atom is 0.336 e. The van der Waals surface area contributed by atoms with Crippen molar-refractivity contribution >= 4 is 11.7 Å². The minimum Gasteiger partial charge on any atom is -0.478 e. The summed E-state index contributed by atoms with van der Waals surface area (Å²) < 4.78 is 0. The van der Waals surface area contributed by atoms with E-state index in [9.17, 15) is 9.90 Å². The summed E-state index contributed by atoms with van der Waals surface area (Å²) in [6.07, 6.45) is 7.70. The van der Waals surface area contributed by atoms with E-state index in [1.165, 1.54) is 31.4 Å². The Balaban J connectivity index is 1.59. The average molecular weight is 285 g/mol. The number of benzene rings is 1. The molecule has 3 unspecified atom stereocenters. The van der Waals surface area contributed by atoms with Crippen molar-refractivity contribution in [1.29, 1.82) is 0 Å². The molecule has 3 nitrogen and oxygen atoms in total. The van der Waals surface area contributed by atoms with Gasteiger partial charge in [0, 0.05) is 18.8 Å². The zero-order valence-corrected chi connectivity index (χ0v) is 12.4. The number of hydrogen-bond acceptors (Lipinski definition) is 2. The van der Waals surface area contributed by atoms with Crippen LogP contribution in [0.2, 0.25) is 0 Å². The van der Waals surface area contributed by atoms with Gasteiger partial charge < -0.3 is 10.0 Å². The van der Waals surface area contributed by atoms with Gasteiger partial charge in [-0.1, -0.05) is 12.5 Å². The smallest absolute Gasteiger partial charge is 0.336 e. The van der Waals surface area contributed by atoms with E-state index < -0.39 is 5.97 Å². The van der Waals surface area contributed by atoms with Crippen LogP contribution in [0.1, 0.15) is 48.0 Å². The minimum atomic E-state index is -0.784. The van der Waals surface area contributed by atoms with Crippen LogP contribution in [0.3, 0.4) is 0 Å². The first kappa shape index (κ1) is 13.2. The number of anilines is 1. The van der Waals surface area contributed by atoms with Crippen LogP contribution in [0.25, 0.3) is 0 Å². The Bertz CT molecular complexity index is 568. The first-order valence-electron chi connectivity index (χ1n) is 8.32. The summed E-state index contributed by atoms with van der Waals surface area (Å²) in [6, 6.07) is 5.78. The molecule has 2 fully saturated rings. The minimum absolute atomic E-state index is 0.505. The predicted molar refractivity (Wildman–Crippen MR) is 82.9 cm³/mol. The van der Waals surface area contributed by atoms with Crippen LogP contribution in [0, 0.1) is 17.8 Å². The second-order valence-electron chi connectivity index (χ2n) is 7.09. The number of carboxylic acids is 1. The molecule has 112 valence electrons. The van der Waals surface area contributed by atoms with Crippen LogP contribution >= 0.6 is 0 Å². The molecule has 2 saturated carbocycles. The highest BCUT2D eigenvalue weighted by molar-refractivity contribution is 5.91. The summed E-state index contributed by atoms with van der Waals surface area (Å²) in [7, 11) is 0. The van der Waals surface area contributed by atoms with Gasteiger partial charge in [0.15, 0.2) is 0 Å². The monoisotopic (exact) mass is 285 g/mol. The maximum absolute atomic E-state index is 11.4. The molecule has 0 spiro atoms. The summed E-state index contributed by atoms with van der Waals surface area (Å²) in [5.74, 6) is 1.97. The normalized spacial score (nSPS) is 30.5. The molecule has 0 radical (unpaired) electrons. The van der Waals surface area contributed by atoms with Gasteiger partial charge in [0.25, 0.3) is 0 Å². The fraction of sp³-hybridized carbons (Fsp3) is 0.611. The molecule has 0 amide bonds. The van der Waals surface area contributed by atoms with Gasteiger partial charge in [-0.15, -0.1) is 0 Å². The summed E-state index contributed by atoms with van der Waals surface area (Å²) in [5.41, 5.74) is 2.74. The fourth-order valence-corrected chi connectivity index (χ4v) is 4.97. The van der Waals surface area contributed by atoms with E-state index in [1.54, 1.807) is 6.07 Å². The molecule has 0 saturated heterocycles. The summed E-state index contributed by atoms with van der Waals surface area (Å²) >= 11 is 0. The molecule has 1 heterocycles. The lowest BCUT2D eigenvalue weighted by molar-refractivity contribution is 0.0695. The van der Waals surface area contributed by atoms with Gasteiger partial charge in [-0.05, 0) is 67.6 Å².